The number of imide groups is 2. The Morgan fingerprint density at radius 1 is 0.837 bits per heavy atom. The molecular weight excluding hydrogens is 682 g/mol. The van der Waals surface area contributed by atoms with Crippen LogP contribution in [0.15, 0.2) is 119 Å². The Hall–Kier alpha value is -5.02. The minimum atomic E-state index is -1.45. The third-order valence-electron chi connectivity index (χ3n) is 11.0. The Bertz CT molecular complexity index is 2030. The molecule has 4 aromatic carbocycles. The molecule has 246 valence electrons. The van der Waals surface area contributed by atoms with Gasteiger partial charge in [0.05, 0.1) is 35.4 Å². The van der Waals surface area contributed by atoms with Gasteiger partial charge in [0.2, 0.25) is 11.8 Å². The molecule has 2 aliphatic heterocycles. The molecule has 2 saturated heterocycles. The van der Waals surface area contributed by atoms with Gasteiger partial charge in [-0.05, 0) is 67.1 Å². The van der Waals surface area contributed by atoms with Gasteiger partial charge in [-0.3, -0.25) is 29.5 Å². The molecule has 4 aromatic rings. The van der Waals surface area contributed by atoms with Crippen molar-refractivity contribution in [3.63, 3.8) is 0 Å². The van der Waals surface area contributed by atoms with E-state index in [0.717, 1.165) is 21.7 Å². The fraction of sp³-hybridized carbons (Fsp3) is 0.250. The van der Waals surface area contributed by atoms with Crippen molar-refractivity contribution in [3.8, 4) is 5.75 Å². The number of carbonyl (C=O) groups excluding carboxylic acids is 4. The van der Waals surface area contributed by atoms with Gasteiger partial charge in [-0.1, -0.05) is 106 Å². The molecule has 6 atom stereocenters. The van der Waals surface area contributed by atoms with Crippen molar-refractivity contribution in [1.29, 1.82) is 0 Å². The molecule has 2 N–H and O–H groups in total. The standard InChI is InChI=1S/C40H34BrN3O5/c1-23-12-15-27(16-13-23)42-44-37(47)32-21-30-28(17-18-29-34(30)38(48)43(36(29)46)22-24-8-4-2-5-9-24)35(31-20-26(41)14-19-33(31)45)40(32,39(44)49)25-10-6-3-7-11-25/h2-17,19-20,29-30,32,34-35,42,45H,18,21-22H2,1H3/t29-,30+,32-,34-,35+,40+/m0/s1. The number of phenolic OH excluding ortho intramolecular Hbond substituents is 1. The molecule has 2 heterocycles. The number of aromatic hydroxyl groups is 1. The van der Waals surface area contributed by atoms with E-state index in [0.29, 0.717) is 27.7 Å². The van der Waals surface area contributed by atoms with Crippen LogP contribution in [0.2, 0.25) is 0 Å². The lowest BCUT2D eigenvalue weighted by Crippen LogP contribution is -2.53. The first kappa shape index (κ1) is 31.3. The third kappa shape index (κ3) is 4.77. The van der Waals surface area contributed by atoms with E-state index in [4.69, 9.17) is 0 Å². The summed E-state index contributed by atoms with van der Waals surface area (Å²) in [6, 6.07) is 31.3. The number of hydrazine groups is 1. The first-order chi connectivity index (χ1) is 23.7. The summed E-state index contributed by atoms with van der Waals surface area (Å²) in [6.45, 7) is 2.13. The first-order valence-corrected chi connectivity index (χ1v) is 17.3. The van der Waals surface area contributed by atoms with Crippen LogP contribution in [-0.4, -0.2) is 38.6 Å². The van der Waals surface area contributed by atoms with E-state index >= 15 is 4.79 Å². The first-order valence-electron chi connectivity index (χ1n) is 16.5. The van der Waals surface area contributed by atoms with Crippen molar-refractivity contribution in [3.05, 3.63) is 142 Å². The van der Waals surface area contributed by atoms with E-state index in [1.54, 1.807) is 18.2 Å². The number of nitrogens with one attached hydrogen (secondary N) is 1. The Morgan fingerprint density at radius 2 is 1.53 bits per heavy atom. The molecule has 4 amide bonds. The molecule has 9 heteroatoms. The number of benzene rings is 4. The lowest BCUT2D eigenvalue weighted by atomic mass is 9.49. The van der Waals surface area contributed by atoms with Crippen LogP contribution in [0.3, 0.4) is 0 Å². The summed E-state index contributed by atoms with van der Waals surface area (Å²) in [5, 5.41) is 12.7. The number of halogens is 1. The number of hydrogen-bond donors (Lipinski definition) is 2. The van der Waals surface area contributed by atoms with Crippen LogP contribution in [0.5, 0.6) is 5.75 Å². The molecule has 0 unspecified atom stereocenters. The van der Waals surface area contributed by atoms with E-state index in [1.165, 1.54) is 4.90 Å². The predicted octanol–water partition coefficient (Wildman–Crippen LogP) is 6.65. The van der Waals surface area contributed by atoms with Crippen molar-refractivity contribution >= 4 is 45.2 Å². The molecule has 0 bridgehead atoms. The number of anilines is 1. The molecular formula is C40H34BrN3O5. The molecule has 3 fully saturated rings. The number of likely N-dealkylation sites (tertiary alicyclic amines) is 1. The number of rotatable bonds is 6. The van der Waals surface area contributed by atoms with Crippen molar-refractivity contribution in [2.45, 2.75) is 37.6 Å². The molecule has 0 spiro atoms. The predicted molar refractivity (Wildman–Crippen MR) is 187 cm³/mol. The maximum Gasteiger partial charge on any atom is 0.260 e. The van der Waals surface area contributed by atoms with Crippen LogP contribution in [-0.2, 0) is 31.1 Å². The zero-order valence-corrected chi connectivity index (χ0v) is 28.3. The number of nitrogens with zero attached hydrogens (tertiary/aromatic N) is 2. The Morgan fingerprint density at radius 3 is 2.24 bits per heavy atom. The van der Waals surface area contributed by atoms with Crippen molar-refractivity contribution < 1.29 is 24.3 Å². The normalized spacial score (nSPS) is 27.5. The highest BCUT2D eigenvalue weighted by atomic mass is 79.9. The van der Waals surface area contributed by atoms with E-state index < -0.39 is 46.8 Å². The third-order valence-corrected chi connectivity index (χ3v) is 11.5. The van der Waals surface area contributed by atoms with Crippen molar-refractivity contribution in [1.82, 2.24) is 9.91 Å². The summed E-state index contributed by atoms with van der Waals surface area (Å²) in [5.74, 6) is -4.79. The fourth-order valence-electron chi connectivity index (χ4n) is 8.84. The second-order valence-corrected chi connectivity index (χ2v) is 14.5. The highest BCUT2D eigenvalue weighted by molar-refractivity contribution is 9.10. The molecule has 0 aromatic heterocycles. The van der Waals surface area contributed by atoms with Crippen LogP contribution in [0.4, 0.5) is 5.69 Å². The van der Waals surface area contributed by atoms with Crippen molar-refractivity contribution in [2.24, 2.45) is 23.7 Å². The Kier molecular flexibility index (Phi) is 7.55. The quantitative estimate of drug-likeness (QED) is 0.171. The molecule has 49 heavy (non-hydrogen) atoms. The van der Waals surface area contributed by atoms with Gasteiger partial charge in [-0.2, -0.15) is 5.01 Å². The van der Waals surface area contributed by atoms with Gasteiger partial charge in [0.1, 0.15) is 5.75 Å². The van der Waals surface area contributed by atoms with Gasteiger partial charge in [-0.25, -0.2) is 0 Å². The van der Waals surface area contributed by atoms with E-state index in [1.807, 2.05) is 97.9 Å². The molecule has 1 saturated carbocycles. The van der Waals surface area contributed by atoms with Crippen LogP contribution in [0.1, 0.15) is 41.0 Å². The topological polar surface area (TPSA) is 107 Å². The van der Waals surface area contributed by atoms with Gasteiger partial charge in [0, 0.05) is 16.0 Å². The van der Waals surface area contributed by atoms with E-state index in [-0.39, 0.29) is 30.5 Å². The number of carbonyl (C=O) groups is 4. The minimum absolute atomic E-state index is 0.0179. The van der Waals surface area contributed by atoms with E-state index in [9.17, 15) is 19.5 Å². The fourth-order valence-corrected chi connectivity index (χ4v) is 9.21. The number of hydrogen-bond acceptors (Lipinski definition) is 6. The summed E-state index contributed by atoms with van der Waals surface area (Å²) >= 11 is 3.58. The number of amides is 4. The number of phenols is 1. The average Bonchev–Trinajstić information content (AvgIpc) is 3.48. The average molecular weight is 717 g/mol. The largest absolute Gasteiger partial charge is 0.508 e. The van der Waals surface area contributed by atoms with Crippen molar-refractivity contribution in [2.75, 3.05) is 5.43 Å². The maximum absolute atomic E-state index is 15.2. The molecule has 8 rings (SSSR count). The Balaban J connectivity index is 1.30. The van der Waals surface area contributed by atoms with Gasteiger partial charge in [0.25, 0.3) is 11.8 Å². The molecule has 8 nitrogen and oxygen atoms in total. The second kappa shape index (κ2) is 11.8. The summed E-state index contributed by atoms with van der Waals surface area (Å²) in [6.07, 6.45) is 2.52. The summed E-state index contributed by atoms with van der Waals surface area (Å²) in [5.41, 5.74) is 6.07. The van der Waals surface area contributed by atoms with Crippen LogP contribution in [0, 0.1) is 30.6 Å². The summed E-state index contributed by atoms with van der Waals surface area (Å²) in [7, 11) is 0. The van der Waals surface area contributed by atoms with E-state index in [2.05, 4.69) is 21.4 Å². The highest BCUT2D eigenvalue weighted by Gasteiger charge is 2.70. The van der Waals surface area contributed by atoms with Crippen LogP contribution >= 0.6 is 15.9 Å². The number of allylic oxidation sites excluding steroid dienone is 2. The van der Waals surface area contributed by atoms with Crippen LogP contribution in [0.25, 0.3) is 0 Å². The number of fused-ring (bicyclic) bond motifs is 4. The summed E-state index contributed by atoms with van der Waals surface area (Å²) < 4.78 is 0.698. The maximum atomic E-state index is 15.2. The van der Waals surface area contributed by atoms with Gasteiger partial charge in [0.15, 0.2) is 0 Å². The SMILES string of the molecule is Cc1ccc(NN2C(=O)[C@@H]3C[C@@H]4C(=CC[C@@H]5C(=O)N(Cc6ccccc6)C(=O)[C@@H]54)[C@H](c4cc(Br)ccc4O)[C@]3(c3ccccc3)C2=O)cc1. The van der Waals surface area contributed by atoms with Gasteiger partial charge < -0.3 is 5.11 Å². The van der Waals surface area contributed by atoms with Gasteiger partial charge in [-0.15, -0.1) is 0 Å². The molecule has 0 radical (unpaired) electrons. The highest BCUT2D eigenvalue weighted by Crippen LogP contribution is 2.65. The smallest absolute Gasteiger partial charge is 0.260 e. The monoisotopic (exact) mass is 715 g/mol. The molecule has 2 aliphatic carbocycles. The zero-order valence-electron chi connectivity index (χ0n) is 26.8. The lowest BCUT2D eigenvalue weighted by Gasteiger charge is -2.50. The Labute approximate surface area is 292 Å². The lowest BCUT2D eigenvalue weighted by molar-refractivity contribution is -0.142. The zero-order chi connectivity index (χ0) is 34.0. The number of aryl methyl sites for hydroxylation is 1. The summed E-state index contributed by atoms with van der Waals surface area (Å²) in [4.78, 5) is 59.5. The molecule has 4 aliphatic rings. The van der Waals surface area contributed by atoms with Crippen LogP contribution < -0.4 is 5.43 Å². The van der Waals surface area contributed by atoms with Gasteiger partial charge >= 0.3 is 0 Å². The second-order valence-electron chi connectivity index (χ2n) is 13.5. The minimum Gasteiger partial charge on any atom is -0.508 e.